The van der Waals surface area contributed by atoms with E-state index in [1.165, 1.54) is 0 Å². The molecule has 0 heterocycles. The average molecular weight is 312 g/mol. The fourth-order valence-electron chi connectivity index (χ4n) is 1.86. The third kappa shape index (κ3) is 5.21. The van der Waals surface area contributed by atoms with Crippen molar-refractivity contribution in [2.45, 2.75) is 38.9 Å². The number of halogens is 1. The molecule has 1 rings (SSSR count). The van der Waals surface area contributed by atoms with E-state index in [9.17, 15) is 4.79 Å². The van der Waals surface area contributed by atoms with Crippen LogP contribution < -0.4 is 5.32 Å². The van der Waals surface area contributed by atoms with E-state index >= 15 is 0 Å². The van der Waals surface area contributed by atoms with Crippen molar-refractivity contribution in [3.8, 4) is 0 Å². The summed E-state index contributed by atoms with van der Waals surface area (Å²) in [5, 5.41) is 2.98. The van der Waals surface area contributed by atoms with Crippen LogP contribution in [0, 0.1) is 12.3 Å². The quantitative estimate of drug-likeness (QED) is 0.839. The lowest BCUT2D eigenvalue weighted by Crippen LogP contribution is -2.31. The van der Waals surface area contributed by atoms with Gasteiger partial charge in [0.1, 0.15) is 0 Å². The van der Waals surface area contributed by atoms with Crippen molar-refractivity contribution in [1.82, 2.24) is 5.32 Å². The highest BCUT2D eigenvalue weighted by atomic mass is 79.9. The Balaban J connectivity index is 2.50. The van der Waals surface area contributed by atoms with Crippen molar-refractivity contribution in [2.75, 3.05) is 6.54 Å². The average Bonchev–Trinajstić information content (AvgIpc) is 2.24. The molecule has 1 amide bonds. The molecule has 1 unspecified atom stereocenters. The van der Waals surface area contributed by atoms with E-state index in [-0.39, 0.29) is 11.3 Å². The number of nitrogens with one attached hydrogen (secondary N) is 1. The lowest BCUT2D eigenvalue weighted by Gasteiger charge is -2.22. The number of aryl methyl sites for hydroxylation is 1. The van der Waals surface area contributed by atoms with Gasteiger partial charge < -0.3 is 5.32 Å². The lowest BCUT2D eigenvalue weighted by atomic mass is 9.90. The van der Waals surface area contributed by atoms with Gasteiger partial charge in [-0.15, -0.1) is 0 Å². The van der Waals surface area contributed by atoms with Gasteiger partial charge >= 0.3 is 0 Å². The number of hydrogen-bond donors (Lipinski definition) is 1. The van der Waals surface area contributed by atoms with Crippen LogP contribution in [0.2, 0.25) is 0 Å². The second kappa shape index (κ2) is 6.37. The standard InChI is InChI=1S/C15H22BrNO/c1-11-7-5-6-8-13(11)14(18)17-10-12(16)9-15(2,3)4/h5-8,12H,9-10H2,1-4H3,(H,17,18). The Kier molecular flexibility index (Phi) is 5.39. The number of alkyl halides is 1. The summed E-state index contributed by atoms with van der Waals surface area (Å²) in [6.07, 6.45) is 1.03. The molecule has 1 atom stereocenters. The zero-order valence-electron chi connectivity index (χ0n) is 11.6. The predicted molar refractivity (Wildman–Crippen MR) is 80.3 cm³/mol. The van der Waals surface area contributed by atoms with Gasteiger partial charge in [-0.3, -0.25) is 4.79 Å². The predicted octanol–water partition coefficient (Wildman–Crippen LogP) is 3.92. The summed E-state index contributed by atoms with van der Waals surface area (Å²) in [5.74, 6) is 0.00598. The van der Waals surface area contributed by atoms with Crippen molar-refractivity contribution in [3.05, 3.63) is 35.4 Å². The first kappa shape index (κ1) is 15.2. The molecule has 1 N–H and O–H groups in total. The van der Waals surface area contributed by atoms with E-state index in [2.05, 4.69) is 42.0 Å². The smallest absolute Gasteiger partial charge is 0.251 e. The maximum atomic E-state index is 12.0. The Morgan fingerprint density at radius 2 is 1.94 bits per heavy atom. The molecule has 100 valence electrons. The van der Waals surface area contributed by atoms with E-state index in [4.69, 9.17) is 0 Å². The number of hydrogen-bond acceptors (Lipinski definition) is 1. The second-order valence-electron chi connectivity index (χ2n) is 5.89. The van der Waals surface area contributed by atoms with Gasteiger partial charge in [0, 0.05) is 16.9 Å². The molecule has 3 heteroatoms. The first-order valence-electron chi connectivity index (χ1n) is 6.27. The Morgan fingerprint density at radius 1 is 1.33 bits per heavy atom. The van der Waals surface area contributed by atoms with Crippen LogP contribution in [0.25, 0.3) is 0 Å². The molecule has 0 saturated heterocycles. The third-order valence-electron chi connectivity index (χ3n) is 2.71. The molecule has 1 aromatic carbocycles. The largest absolute Gasteiger partial charge is 0.351 e. The monoisotopic (exact) mass is 311 g/mol. The molecule has 0 aliphatic heterocycles. The maximum absolute atomic E-state index is 12.0. The molecular weight excluding hydrogens is 290 g/mol. The lowest BCUT2D eigenvalue weighted by molar-refractivity contribution is 0.0952. The molecule has 2 nitrogen and oxygen atoms in total. The number of amides is 1. The number of rotatable bonds is 4. The van der Waals surface area contributed by atoms with Gasteiger partial charge in [0.05, 0.1) is 0 Å². The van der Waals surface area contributed by atoms with Crippen LogP contribution in [0.3, 0.4) is 0 Å². The summed E-state index contributed by atoms with van der Waals surface area (Å²) < 4.78 is 0. The van der Waals surface area contributed by atoms with E-state index in [1.807, 2.05) is 31.2 Å². The topological polar surface area (TPSA) is 29.1 Å². The zero-order chi connectivity index (χ0) is 13.8. The van der Waals surface area contributed by atoms with E-state index < -0.39 is 0 Å². The van der Waals surface area contributed by atoms with Crippen LogP contribution in [0.5, 0.6) is 0 Å². The molecule has 0 aliphatic carbocycles. The van der Waals surface area contributed by atoms with Gasteiger partial charge in [-0.25, -0.2) is 0 Å². The molecule has 0 radical (unpaired) electrons. The zero-order valence-corrected chi connectivity index (χ0v) is 13.2. The maximum Gasteiger partial charge on any atom is 0.251 e. The Labute approximate surface area is 118 Å². The van der Waals surface area contributed by atoms with Crippen LogP contribution in [-0.2, 0) is 0 Å². The van der Waals surface area contributed by atoms with Crippen LogP contribution in [-0.4, -0.2) is 17.3 Å². The van der Waals surface area contributed by atoms with Gasteiger partial charge in [0.25, 0.3) is 5.91 Å². The summed E-state index contributed by atoms with van der Waals surface area (Å²) >= 11 is 3.62. The highest BCUT2D eigenvalue weighted by Gasteiger charge is 2.17. The van der Waals surface area contributed by atoms with Crippen LogP contribution >= 0.6 is 15.9 Å². The van der Waals surface area contributed by atoms with Crippen LogP contribution in [0.4, 0.5) is 0 Å². The molecule has 0 bridgehead atoms. The van der Waals surface area contributed by atoms with Gasteiger partial charge in [-0.1, -0.05) is 54.9 Å². The fourth-order valence-corrected chi connectivity index (χ4v) is 3.00. The minimum atomic E-state index is 0.00598. The van der Waals surface area contributed by atoms with E-state index in [0.717, 1.165) is 17.5 Å². The molecule has 1 aromatic rings. The number of carbonyl (C=O) groups excluding carboxylic acids is 1. The summed E-state index contributed by atoms with van der Waals surface area (Å²) in [6, 6.07) is 7.65. The van der Waals surface area contributed by atoms with Crippen LogP contribution in [0.1, 0.15) is 43.1 Å². The van der Waals surface area contributed by atoms with Gasteiger partial charge in [0.2, 0.25) is 0 Å². The highest BCUT2D eigenvalue weighted by molar-refractivity contribution is 9.09. The van der Waals surface area contributed by atoms with Crippen molar-refractivity contribution in [3.63, 3.8) is 0 Å². The van der Waals surface area contributed by atoms with Crippen molar-refractivity contribution in [2.24, 2.45) is 5.41 Å². The Bertz CT molecular complexity index is 409. The summed E-state index contributed by atoms with van der Waals surface area (Å²) in [5.41, 5.74) is 2.03. The Morgan fingerprint density at radius 3 is 2.50 bits per heavy atom. The van der Waals surface area contributed by atoms with E-state index in [0.29, 0.717) is 11.4 Å². The normalized spacial score (nSPS) is 13.2. The van der Waals surface area contributed by atoms with Crippen molar-refractivity contribution in [1.29, 1.82) is 0 Å². The molecule has 0 spiro atoms. The Hall–Kier alpha value is -0.830. The fraction of sp³-hybridized carbons (Fsp3) is 0.533. The molecule has 0 aliphatic rings. The number of benzene rings is 1. The van der Waals surface area contributed by atoms with Gasteiger partial charge in [-0.05, 0) is 30.4 Å². The number of carbonyl (C=O) groups is 1. The summed E-state index contributed by atoms with van der Waals surface area (Å²) in [4.78, 5) is 12.3. The molecular formula is C15H22BrNO. The molecule has 0 aromatic heterocycles. The third-order valence-corrected chi connectivity index (χ3v) is 3.36. The first-order chi connectivity index (χ1) is 8.29. The summed E-state index contributed by atoms with van der Waals surface area (Å²) in [7, 11) is 0. The summed E-state index contributed by atoms with van der Waals surface area (Å²) in [6.45, 7) is 9.21. The van der Waals surface area contributed by atoms with Crippen molar-refractivity contribution >= 4 is 21.8 Å². The van der Waals surface area contributed by atoms with Gasteiger partial charge in [0.15, 0.2) is 0 Å². The minimum Gasteiger partial charge on any atom is -0.351 e. The van der Waals surface area contributed by atoms with Crippen LogP contribution in [0.15, 0.2) is 24.3 Å². The highest BCUT2D eigenvalue weighted by Crippen LogP contribution is 2.24. The second-order valence-corrected chi connectivity index (χ2v) is 7.18. The first-order valence-corrected chi connectivity index (χ1v) is 7.19. The van der Waals surface area contributed by atoms with Crippen molar-refractivity contribution < 1.29 is 4.79 Å². The molecule has 0 fully saturated rings. The molecule has 0 saturated carbocycles. The van der Waals surface area contributed by atoms with E-state index in [1.54, 1.807) is 0 Å². The van der Waals surface area contributed by atoms with Gasteiger partial charge in [-0.2, -0.15) is 0 Å². The molecule has 18 heavy (non-hydrogen) atoms. The SMILES string of the molecule is Cc1ccccc1C(=O)NCC(Br)CC(C)(C)C. The minimum absolute atomic E-state index is 0.00598.